The van der Waals surface area contributed by atoms with Crippen molar-refractivity contribution in [2.45, 2.75) is 37.5 Å². The first-order valence-electron chi connectivity index (χ1n) is 7.12. The van der Waals surface area contributed by atoms with Gasteiger partial charge in [-0.2, -0.15) is 0 Å². The van der Waals surface area contributed by atoms with Crippen LogP contribution in [0.1, 0.15) is 18.4 Å². The molecular formula is C15H19ClFNO2. The summed E-state index contributed by atoms with van der Waals surface area (Å²) in [5.41, 5.74) is 0.631. The predicted molar refractivity (Wildman–Crippen MR) is 75.5 cm³/mol. The average molecular weight is 300 g/mol. The molecule has 110 valence electrons. The minimum absolute atomic E-state index is 0.0985. The second-order valence-electron chi connectivity index (χ2n) is 5.65. The Labute approximate surface area is 123 Å². The molecule has 0 radical (unpaired) electrons. The lowest BCUT2D eigenvalue weighted by Crippen LogP contribution is -2.50. The van der Waals surface area contributed by atoms with E-state index in [1.165, 1.54) is 18.9 Å². The monoisotopic (exact) mass is 299 g/mol. The van der Waals surface area contributed by atoms with Crippen molar-refractivity contribution in [3.05, 3.63) is 34.6 Å². The van der Waals surface area contributed by atoms with E-state index in [1.807, 2.05) is 0 Å². The molecule has 0 spiro atoms. The molecule has 5 heteroatoms. The van der Waals surface area contributed by atoms with Crippen molar-refractivity contribution in [1.29, 1.82) is 0 Å². The molecule has 2 heterocycles. The van der Waals surface area contributed by atoms with Gasteiger partial charge in [0.1, 0.15) is 5.82 Å². The van der Waals surface area contributed by atoms with Gasteiger partial charge in [0.2, 0.25) is 0 Å². The van der Waals surface area contributed by atoms with Crippen molar-refractivity contribution in [3.8, 4) is 0 Å². The van der Waals surface area contributed by atoms with Gasteiger partial charge in [-0.3, -0.25) is 4.90 Å². The van der Waals surface area contributed by atoms with E-state index in [-0.39, 0.29) is 11.1 Å². The lowest BCUT2D eigenvalue weighted by atomic mass is 10.0. The van der Waals surface area contributed by atoms with Gasteiger partial charge in [-0.05, 0) is 31.0 Å². The number of benzene rings is 1. The van der Waals surface area contributed by atoms with Crippen molar-refractivity contribution >= 4 is 11.6 Å². The van der Waals surface area contributed by atoms with Gasteiger partial charge >= 0.3 is 0 Å². The fourth-order valence-corrected chi connectivity index (χ4v) is 3.34. The quantitative estimate of drug-likeness (QED) is 0.929. The van der Waals surface area contributed by atoms with E-state index in [9.17, 15) is 9.50 Å². The van der Waals surface area contributed by atoms with Crippen molar-refractivity contribution in [1.82, 2.24) is 4.90 Å². The van der Waals surface area contributed by atoms with Gasteiger partial charge in [0.15, 0.2) is 0 Å². The van der Waals surface area contributed by atoms with E-state index in [0.717, 1.165) is 13.1 Å². The Morgan fingerprint density at radius 3 is 3.20 bits per heavy atom. The molecule has 0 saturated carbocycles. The van der Waals surface area contributed by atoms with E-state index in [1.54, 1.807) is 12.1 Å². The third kappa shape index (κ3) is 2.84. The highest BCUT2D eigenvalue weighted by atomic mass is 35.5. The van der Waals surface area contributed by atoms with E-state index < -0.39 is 11.9 Å². The van der Waals surface area contributed by atoms with Crippen molar-refractivity contribution < 1.29 is 14.2 Å². The molecule has 20 heavy (non-hydrogen) atoms. The minimum Gasteiger partial charge on any atom is -0.390 e. The highest BCUT2D eigenvalue weighted by molar-refractivity contribution is 6.31. The first-order chi connectivity index (χ1) is 9.65. The van der Waals surface area contributed by atoms with Crippen LogP contribution in [-0.2, 0) is 11.2 Å². The van der Waals surface area contributed by atoms with Crippen LogP contribution in [0.15, 0.2) is 18.2 Å². The molecule has 2 saturated heterocycles. The van der Waals surface area contributed by atoms with Gasteiger partial charge in [0.05, 0.1) is 23.8 Å². The molecule has 2 fully saturated rings. The van der Waals surface area contributed by atoms with Crippen LogP contribution in [0.4, 0.5) is 4.39 Å². The van der Waals surface area contributed by atoms with E-state index in [2.05, 4.69) is 4.90 Å². The summed E-state index contributed by atoms with van der Waals surface area (Å²) in [6, 6.07) is 5.19. The van der Waals surface area contributed by atoms with E-state index in [0.29, 0.717) is 24.6 Å². The number of nitrogens with zero attached hydrogens (tertiary/aromatic N) is 1. The Morgan fingerprint density at radius 1 is 1.50 bits per heavy atom. The number of rotatable bonds is 3. The number of ether oxygens (including phenoxy) is 1. The van der Waals surface area contributed by atoms with Gasteiger partial charge in [-0.25, -0.2) is 4.39 Å². The Kier molecular flexibility index (Phi) is 4.26. The molecule has 2 aliphatic heterocycles. The van der Waals surface area contributed by atoms with Crippen LogP contribution >= 0.6 is 11.6 Å². The minimum atomic E-state index is -0.657. The van der Waals surface area contributed by atoms with Crippen molar-refractivity contribution in [2.75, 3.05) is 19.7 Å². The summed E-state index contributed by atoms with van der Waals surface area (Å²) in [6.45, 7) is 2.51. The summed E-state index contributed by atoms with van der Waals surface area (Å²) >= 11 is 5.93. The number of fused-ring (bicyclic) bond motifs is 1. The topological polar surface area (TPSA) is 32.7 Å². The summed E-state index contributed by atoms with van der Waals surface area (Å²) in [5.74, 6) is -0.444. The largest absolute Gasteiger partial charge is 0.390 e. The SMILES string of the molecule is OC(Cc1cccc(F)c1Cl)C1CN2CCCC2CO1. The van der Waals surface area contributed by atoms with Gasteiger partial charge in [-0.15, -0.1) is 0 Å². The van der Waals surface area contributed by atoms with Gasteiger partial charge in [0.25, 0.3) is 0 Å². The summed E-state index contributed by atoms with van der Waals surface area (Å²) < 4.78 is 19.2. The molecule has 0 amide bonds. The van der Waals surface area contributed by atoms with Crippen LogP contribution in [0, 0.1) is 5.82 Å². The molecule has 3 rings (SSSR count). The molecule has 1 N–H and O–H groups in total. The van der Waals surface area contributed by atoms with Crippen molar-refractivity contribution in [3.63, 3.8) is 0 Å². The number of aliphatic hydroxyl groups excluding tert-OH is 1. The van der Waals surface area contributed by atoms with Crippen LogP contribution in [0.3, 0.4) is 0 Å². The fourth-order valence-electron chi connectivity index (χ4n) is 3.14. The maximum atomic E-state index is 13.4. The summed E-state index contributed by atoms with van der Waals surface area (Å²) in [6.07, 6.45) is 1.82. The first-order valence-corrected chi connectivity index (χ1v) is 7.49. The number of halogens is 2. The Balaban J connectivity index is 1.64. The standard InChI is InChI=1S/C15H19ClFNO2/c16-15-10(3-1-5-12(15)17)7-13(19)14-8-18-6-2-4-11(18)9-20-14/h1,3,5,11,13-14,19H,2,4,6-9H2. The Bertz CT molecular complexity index is 485. The molecule has 1 aromatic carbocycles. The third-order valence-corrected chi connectivity index (χ3v) is 4.73. The van der Waals surface area contributed by atoms with Crippen LogP contribution in [0.25, 0.3) is 0 Å². The van der Waals surface area contributed by atoms with Crippen LogP contribution in [0.2, 0.25) is 5.02 Å². The van der Waals surface area contributed by atoms with Crippen LogP contribution < -0.4 is 0 Å². The predicted octanol–water partition coefficient (Wildman–Crippen LogP) is 2.25. The zero-order chi connectivity index (χ0) is 14.1. The molecule has 2 aliphatic rings. The Morgan fingerprint density at radius 2 is 2.35 bits per heavy atom. The lowest BCUT2D eigenvalue weighted by Gasteiger charge is -2.37. The maximum absolute atomic E-state index is 13.4. The number of morpholine rings is 1. The highest BCUT2D eigenvalue weighted by Crippen LogP contribution is 2.26. The second kappa shape index (κ2) is 5.98. The molecule has 1 aromatic rings. The average Bonchev–Trinajstić information content (AvgIpc) is 2.91. The number of hydrogen-bond donors (Lipinski definition) is 1. The highest BCUT2D eigenvalue weighted by Gasteiger charge is 2.35. The molecule has 0 bridgehead atoms. The number of aliphatic hydroxyl groups is 1. The smallest absolute Gasteiger partial charge is 0.142 e. The molecule has 3 nitrogen and oxygen atoms in total. The zero-order valence-electron chi connectivity index (χ0n) is 11.3. The normalized spacial score (nSPS) is 28.4. The van der Waals surface area contributed by atoms with Gasteiger partial charge in [-0.1, -0.05) is 23.7 Å². The van der Waals surface area contributed by atoms with Crippen LogP contribution in [0.5, 0.6) is 0 Å². The van der Waals surface area contributed by atoms with Gasteiger partial charge < -0.3 is 9.84 Å². The Hall–Kier alpha value is -0.680. The maximum Gasteiger partial charge on any atom is 0.142 e. The molecule has 3 atom stereocenters. The summed E-state index contributed by atoms with van der Waals surface area (Å²) in [5, 5.41) is 10.4. The fraction of sp³-hybridized carbons (Fsp3) is 0.600. The second-order valence-corrected chi connectivity index (χ2v) is 6.03. The molecular weight excluding hydrogens is 281 g/mol. The molecule has 0 aromatic heterocycles. The van der Waals surface area contributed by atoms with E-state index >= 15 is 0 Å². The summed E-state index contributed by atoms with van der Waals surface area (Å²) in [4.78, 5) is 2.38. The van der Waals surface area contributed by atoms with Crippen molar-refractivity contribution in [2.24, 2.45) is 0 Å². The lowest BCUT2D eigenvalue weighted by molar-refractivity contribution is -0.101. The van der Waals surface area contributed by atoms with E-state index in [4.69, 9.17) is 16.3 Å². The zero-order valence-corrected chi connectivity index (χ0v) is 12.0. The van der Waals surface area contributed by atoms with Gasteiger partial charge in [0, 0.05) is 19.0 Å². The molecule has 0 aliphatic carbocycles. The first kappa shape index (κ1) is 14.3. The van der Waals surface area contributed by atoms with Crippen LogP contribution in [-0.4, -0.2) is 48.0 Å². The summed E-state index contributed by atoms with van der Waals surface area (Å²) in [7, 11) is 0. The third-order valence-electron chi connectivity index (χ3n) is 4.31. The molecule has 3 unspecified atom stereocenters. The number of hydrogen-bond acceptors (Lipinski definition) is 3.